The molecule has 0 saturated heterocycles. The first-order chi connectivity index (χ1) is 13.2. The van der Waals surface area contributed by atoms with E-state index in [2.05, 4.69) is 17.2 Å². The highest BCUT2D eigenvalue weighted by Gasteiger charge is 2.26. The Morgan fingerprint density at radius 1 is 1.11 bits per heavy atom. The van der Waals surface area contributed by atoms with Gasteiger partial charge in [-0.15, -0.1) is 0 Å². The Morgan fingerprint density at radius 2 is 1.93 bits per heavy atom. The summed E-state index contributed by atoms with van der Waals surface area (Å²) in [4.78, 5) is 17.3. The molecule has 0 aliphatic heterocycles. The third-order valence-electron chi connectivity index (χ3n) is 5.34. The number of hydrogen-bond acceptors (Lipinski definition) is 3. The monoisotopic (exact) mass is 360 g/mol. The van der Waals surface area contributed by atoms with Crippen LogP contribution in [-0.2, 0) is 0 Å². The Kier molecular flexibility index (Phi) is 5.01. The SMILES string of the molecule is C[C@H]1CCCC[C@H]1NC(=O)c1cn(-c2ccccc2)nc1-c1cccnc1. The molecule has 2 heterocycles. The molecule has 3 aromatic rings. The van der Waals surface area contributed by atoms with E-state index in [4.69, 9.17) is 5.10 Å². The first kappa shape index (κ1) is 17.5. The van der Waals surface area contributed by atoms with Gasteiger partial charge in [-0.1, -0.05) is 38.0 Å². The van der Waals surface area contributed by atoms with Crippen molar-refractivity contribution in [3.8, 4) is 16.9 Å². The molecule has 2 atom stereocenters. The van der Waals surface area contributed by atoms with Crippen molar-refractivity contribution in [3.05, 3.63) is 66.6 Å². The van der Waals surface area contributed by atoms with E-state index in [1.807, 2.05) is 48.7 Å². The maximum Gasteiger partial charge on any atom is 0.255 e. The number of benzene rings is 1. The second-order valence-electron chi connectivity index (χ2n) is 7.25. The van der Waals surface area contributed by atoms with Crippen LogP contribution in [0, 0.1) is 5.92 Å². The first-order valence-corrected chi connectivity index (χ1v) is 9.59. The van der Waals surface area contributed by atoms with Crippen LogP contribution in [-0.4, -0.2) is 26.7 Å². The molecule has 2 aromatic heterocycles. The fourth-order valence-electron chi connectivity index (χ4n) is 3.75. The van der Waals surface area contributed by atoms with Gasteiger partial charge in [-0.25, -0.2) is 4.68 Å². The van der Waals surface area contributed by atoms with Gasteiger partial charge in [-0.05, 0) is 43.0 Å². The largest absolute Gasteiger partial charge is 0.349 e. The number of carbonyl (C=O) groups is 1. The molecule has 1 N–H and O–H groups in total. The molecule has 1 fully saturated rings. The van der Waals surface area contributed by atoms with Gasteiger partial charge in [0.15, 0.2) is 0 Å². The molecule has 27 heavy (non-hydrogen) atoms. The average Bonchev–Trinajstić information content (AvgIpc) is 3.17. The van der Waals surface area contributed by atoms with Gasteiger partial charge in [0.25, 0.3) is 5.91 Å². The van der Waals surface area contributed by atoms with E-state index in [1.165, 1.54) is 19.3 Å². The molecule has 1 aliphatic rings. The van der Waals surface area contributed by atoms with E-state index < -0.39 is 0 Å². The zero-order chi connectivity index (χ0) is 18.6. The van der Waals surface area contributed by atoms with Gasteiger partial charge >= 0.3 is 0 Å². The van der Waals surface area contributed by atoms with Crippen molar-refractivity contribution in [3.63, 3.8) is 0 Å². The van der Waals surface area contributed by atoms with E-state index in [1.54, 1.807) is 17.1 Å². The van der Waals surface area contributed by atoms with Gasteiger partial charge in [0, 0.05) is 30.2 Å². The van der Waals surface area contributed by atoms with Crippen LogP contribution in [0.25, 0.3) is 16.9 Å². The maximum atomic E-state index is 13.1. The number of amides is 1. The molecule has 0 radical (unpaired) electrons. The van der Waals surface area contributed by atoms with Crippen LogP contribution in [0.4, 0.5) is 0 Å². The second-order valence-corrected chi connectivity index (χ2v) is 7.25. The van der Waals surface area contributed by atoms with Crippen molar-refractivity contribution in [1.82, 2.24) is 20.1 Å². The number of nitrogens with one attached hydrogen (secondary N) is 1. The van der Waals surface area contributed by atoms with Crippen LogP contribution in [0.15, 0.2) is 61.1 Å². The minimum absolute atomic E-state index is 0.0604. The topological polar surface area (TPSA) is 59.8 Å². The Morgan fingerprint density at radius 3 is 2.67 bits per heavy atom. The molecule has 4 rings (SSSR count). The summed E-state index contributed by atoms with van der Waals surface area (Å²) < 4.78 is 1.77. The lowest BCUT2D eigenvalue weighted by Gasteiger charge is -2.29. The van der Waals surface area contributed by atoms with Crippen LogP contribution in [0.5, 0.6) is 0 Å². The smallest absolute Gasteiger partial charge is 0.255 e. The number of aromatic nitrogens is 3. The normalized spacial score (nSPS) is 19.6. The van der Waals surface area contributed by atoms with E-state index in [9.17, 15) is 4.79 Å². The van der Waals surface area contributed by atoms with Crippen LogP contribution in [0.1, 0.15) is 43.0 Å². The summed E-state index contributed by atoms with van der Waals surface area (Å²) in [5.74, 6) is 0.448. The van der Waals surface area contributed by atoms with Crippen molar-refractivity contribution in [2.75, 3.05) is 0 Å². The zero-order valence-electron chi connectivity index (χ0n) is 15.5. The van der Waals surface area contributed by atoms with Crippen LogP contribution < -0.4 is 5.32 Å². The molecule has 1 aliphatic carbocycles. The van der Waals surface area contributed by atoms with Crippen LogP contribution in [0.3, 0.4) is 0 Å². The highest BCUT2D eigenvalue weighted by atomic mass is 16.1. The number of hydrogen-bond donors (Lipinski definition) is 1. The molecular weight excluding hydrogens is 336 g/mol. The van der Waals surface area contributed by atoms with Gasteiger partial charge < -0.3 is 5.32 Å². The van der Waals surface area contributed by atoms with Gasteiger partial charge in [0.05, 0.1) is 11.3 Å². The number of carbonyl (C=O) groups excluding carboxylic acids is 1. The molecule has 5 nitrogen and oxygen atoms in total. The van der Waals surface area contributed by atoms with Crippen molar-refractivity contribution in [1.29, 1.82) is 0 Å². The minimum Gasteiger partial charge on any atom is -0.349 e. The fourth-order valence-corrected chi connectivity index (χ4v) is 3.75. The van der Waals surface area contributed by atoms with E-state index in [0.29, 0.717) is 17.2 Å². The summed E-state index contributed by atoms with van der Waals surface area (Å²) in [6.07, 6.45) is 9.93. The first-order valence-electron chi connectivity index (χ1n) is 9.59. The summed E-state index contributed by atoms with van der Waals surface area (Å²) >= 11 is 0. The molecule has 1 amide bonds. The Labute approximate surface area is 159 Å². The quantitative estimate of drug-likeness (QED) is 0.757. The number of rotatable bonds is 4. The molecule has 138 valence electrons. The summed E-state index contributed by atoms with van der Waals surface area (Å²) in [5, 5.41) is 7.95. The molecule has 0 bridgehead atoms. The predicted octanol–water partition coefficient (Wildman–Crippen LogP) is 4.24. The summed E-state index contributed by atoms with van der Waals surface area (Å²) in [7, 11) is 0. The highest BCUT2D eigenvalue weighted by Crippen LogP contribution is 2.26. The Hall–Kier alpha value is -2.95. The maximum absolute atomic E-state index is 13.1. The lowest BCUT2D eigenvalue weighted by Crippen LogP contribution is -2.41. The average molecular weight is 360 g/mol. The third kappa shape index (κ3) is 3.77. The number of para-hydroxylation sites is 1. The highest BCUT2D eigenvalue weighted by molar-refractivity contribution is 6.00. The van der Waals surface area contributed by atoms with Crippen LogP contribution >= 0.6 is 0 Å². The lowest BCUT2D eigenvalue weighted by atomic mass is 9.86. The minimum atomic E-state index is -0.0604. The van der Waals surface area contributed by atoms with Crippen molar-refractivity contribution >= 4 is 5.91 Å². The zero-order valence-corrected chi connectivity index (χ0v) is 15.5. The second kappa shape index (κ2) is 7.74. The number of nitrogens with zero attached hydrogens (tertiary/aromatic N) is 3. The molecule has 1 saturated carbocycles. The Bertz CT molecular complexity index is 905. The van der Waals surface area contributed by atoms with Crippen LogP contribution in [0.2, 0.25) is 0 Å². The lowest BCUT2D eigenvalue weighted by molar-refractivity contribution is 0.0911. The van der Waals surface area contributed by atoms with Gasteiger partial charge in [-0.3, -0.25) is 9.78 Å². The number of pyridine rings is 1. The third-order valence-corrected chi connectivity index (χ3v) is 5.34. The van der Waals surface area contributed by atoms with Gasteiger partial charge in [-0.2, -0.15) is 5.10 Å². The fraction of sp³-hybridized carbons (Fsp3) is 0.318. The van der Waals surface area contributed by atoms with E-state index in [-0.39, 0.29) is 11.9 Å². The molecule has 5 heteroatoms. The van der Waals surface area contributed by atoms with Crippen molar-refractivity contribution in [2.45, 2.75) is 38.6 Å². The summed E-state index contributed by atoms with van der Waals surface area (Å²) in [6, 6.07) is 13.9. The predicted molar refractivity (Wildman–Crippen MR) is 106 cm³/mol. The van der Waals surface area contributed by atoms with Crippen molar-refractivity contribution in [2.24, 2.45) is 5.92 Å². The Balaban J connectivity index is 1.69. The van der Waals surface area contributed by atoms with Gasteiger partial charge in [0.1, 0.15) is 5.69 Å². The molecular formula is C22H24N4O. The van der Waals surface area contributed by atoms with E-state index >= 15 is 0 Å². The molecule has 0 unspecified atom stereocenters. The van der Waals surface area contributed by atoms with Crippen molar-refractivity contribution < 1.29 is 4.79 Å². The molecule has 1 aromatic carbocycles. The standard InChI is InChI=1S/C22H24N4O/c1-16-8-5-6-12-20(16)24-22(27)19-15-26(18-10-3-2-4-11-18)25-21(19)17-9-7-13-23-14-17/h2-4,7,9-11,13-16,20H,5-6,8,12H2,1H3,(H,24,27)/t16-,20+/m0/s1. The summed E-state index contributed by atoms with van der Waals surface area (Å²) in [6.45, 7) is 2.22. The molecule has 0 spiro atoms. The van der Waals surface area contributed by atoms with E-state index in [0.717, 1.165) is 17.7 Å². The summed E-state index contributed by atoms with van der Waals surface area (Å²) in [5.41, 5.74) is 3.01. The van der Waals surface area contributed by atoms with Gasteiger partial charge in [0.2, 0.25) is 0 Å².